The highest BCUT2D eigenvalue weighted by Crippen LogP contribution is 2.37. The average molecular weight is 500 g/mol. The van der Waals surface area contributed by atoms with E-state index in [-0.39, 0.29) is 31.5 Å². The third-order valence-corrected chi connectivity index (χ3v) is 6.81. The molecule has 0 saturated carbocycles. The Morgan fingerprint density at radius 3 is 2.64 bits per heavy atom. The maximum atomic E-state index is 13.0. The Morgan fingerprint density at radius 2 is 2.00 bits per heavy atom. The number of benzene rings is 1. The Labute approximate surface area is 195 Å². The van der Waals surface area contributed by atoms with Gasteiger partial charge in [0, 0.05) is 13.1 Å². The SMILES string of the molecule is COc1nc(SC)nc2sc(NC(=O)N3CCC(O)(c4cccc(C(F)(F)F)c4)CC3)nc12. The number of fused-ring (bicyclic) bond motifs is 1. The number of piperidine rings is 1. The fraction of sp³-hybridized carbons (Fsp3) is 0.400. The number of amides is 2. The van der Waals surface area contributed by atoms with Crippen LogP contribution >= 0.6 is 23.1 Å². The lowest BCUT2D eigenvalue weighted by atomic mass is 9.84. The van der Waals surface area contributed by atoms with Crippen LogP contribution in [0, 0.1) is 0 Å². The predicted octanol–water partition coefficient (Wildman–Crippen LogP) is 4.35. The normalized spacial score (nSPS) is 16.1. The minimum Gasteiger partial charge on any atom is -0.479 e. The van der Waals surface area contributed by atoms with Crippen molar-refractivity contribution in [3.8, 4) is 5.88 Å². The lowest BCUT2D eigenvalue weighted by Crippen LogP contribution is -2.46. The van der Waals surface area contributed by atoms with E-state index < -0.39 is 23.4 Å². The molecule has 3 heterocycles. The van der Waals surface area contributed by atoms with Gasteiger partial charge >= 0.3 is 12.2 Å². The lowest BCUT2D eigenvalue weighted by Gasteiger charge is -2.38. The van der Waals surface area contributed by atoms with Gasteiger partial charge in [0.2, 0.25) is 5.88 Å². The molecule has 0 atom stereocenters. The van der Waals surface area contributed by atoms with Crippen LogP contribution in [0.4, 0.5) is 23.1 Å². The van der Waals surface area contributed by atoms with E-state index in [2.05, 4.69) is 20.3 Å². The first kappa shape index (κ1) is 23.5. The first-order valence-corrected chi connectivity index (χ1v) is 11.9. The van der Waals surface area contributed by atoms with Crippen molar-refractivity contribution in [1.29, 1.82) is 0 Å². The summed E-state index contributed by atoms with van der Waals surface area (Å²) in [6, 6.07) is 4.27. The van der Waals surface area contributed by atoms with Gasteiger partial charge in [-0.3, -0.25) is 5.32 Å². The van der Waals surface area contributed by atoms with Crippen LogP contribution in [0.1, 0.15) is 24.0 Å². The van der Waals surface area contributed by atoms with Gasteiger partial charge in [-0.05, 0) is 36.8 Å². The smallest absolute Gasteiger partial charge is 0.416 e. The Balaban J connectivity index is 1.45. The number of alkyl halides is 3. The number of carbonyl (C=O) groups is 1. The largest absolute Gasteiger partial charge is 0.479 e. The molecule has 0 bridgehead atoms. The van der Waals surface area contributed by atoms with Gasteiger partial charge < -0.3 is 14.7 Å². The van der Waals surface area contributed by atoms with Gasteiger partial charge in [0.15, 0.2) is 20.6 Å². The van der Waals surface area contributed by atoms with Crippen LogP contribution in [-0.2, 0) is 11.8 Å². The number of nitrogens with one attached hydrogen (secondary N) is 1. The molecule has 2 N–H and O–H groups in total. The lowest BCUT2D eigenvalue weighted by molar-refractivity contribution is -0.137. The molecule has 1 aromatic carbocycles. The summed E-state index contributed by atoms with van der Waals surface area (Å²) < 4.78 is 44.4. The second-order valence-corrected chi connectivity index (χ2v) is 9.17. The molecule has 8 nitrogen and oxygen atoms in total. The van der Waals surface area contributed by atoms with Crippen LogP contribution in [0.15, 0.2) is 29.4 Å². The molecule has 4 rings (SSSR count). The summed E-state index contributed by atoms with van der Waals surface area (Å²) in [6.07, 6.45) is -2.44. The molecule has 2 amide bonds. The molecule has 13 heteroatoms. The Morgan fingerprint density at radius 1 is 1.27 bits per heavy atom. The highest BCUT2D eigenvalue weighted by molar-refractivity contribution is 7.98. The topological polar surface area (TPSA) is 100 Å². The average Bonchev–Trinajstić information content (AvgIpc) is 3.20. The number of hydrogen-bond acceptors (Lipinski definition) is 8. The van der Waals surface area contributed by atoms with Crippen LogP contribution in [0.25, 0.3) is 10.3 Å². The van der Waals surface area contributed by atoms with Crippen molar-refractivity contribution < 1.29 is 27.8 Å². The van der Waals surface area contributed by atoms with Gasteiger partial charge in [-0.15, -0.1) is 0 Å². The van der Waals surface area contributed by atoms with Crippen molar-refractivity contribution in [2.75, 3.05) is 31.8 Å². The summed E-state index contributed by atoms with van der Waals surface area (Å²) in [4.78, 5) is 27.7. The number of aromatic nitrogens is 3. The molecule has 0 spiro atoms. The van der Waals surface area contributed by atoms with E-state index in [4.69, 9.17) is 4.74 Å². The summed E-state index contributed by atoms with van der Waals surface area (Å²) >= 11 is 2.53. The zero-order valence-corrected chi connectivity index (χ0v) is 19.3. The van der Waals surface area contributed by atoms with Crippen LogP contribution in [-0.4, -0.2) is 57.4 Å². The minimum atomic E-state index is -4.49. The molecular weight excluding hydrogens is 479 g/mol. The molecule has 1 saturated heterocycles. The van der Waals surface area contributed by atoms with Crippen molar-refractivity contribution in [3.63, 3.8) is 0 Å². The van der Waals surface area contributed by atoms with E-state index in [9.17, 15) is 23.1 Å². The van der Waals surface area contributed by atoms with E-state index in [0.29, 0.717) is 26.5 Å². The summed E-state index contributed by atoms with van der Waals surface area (Å²) in [6.45, 7) is 0.340. The number of thiazole rings is 1. The van der Waals surface area contributed by atoms with Gasteiger partial charge in [-0.25, -0.2) is 14.8 Å². The third kappa shape index (κ3) is 4.84. The first-order chi connectivity index (χ1) is 15.6. The molecular formula is C20H20F3N5O3S2. The van der Waals surface area contributed by atoms with E-state index in [1.165, 1.54) is 47.2 Å². The van der Waals surface area contributed by atoms with Gasteiger partial charge in [0.25, 0.3) is 0 Å². The number of carbonyl (C=O) groups excluding carboxylic acids is 1. The fourth-order valence-corrected chi connectivity index (χ4v) is 4.82. The number of ether oxygens (including phenoxy) is 1. The number of hydrogen-bond donors (Lipinski definition) is 2. The van der Waals surface area contributed by atoms with Crippen molar-refractivity contribution in [1.82, 2.24) is 19.9 Å². The number of likely N-dealkylation sites (tertiary alicyclic amines) is 1. The van der Waals surface area contributed by atoms with Crippen LogP contribution in [0.5, 0.6) is 5.88 Å². The van der Waals surface area contributed by atoms with E-state index >= 15 is 0 Å². The highest BCUT2D eigenvalue weighted by Gasteiger charge is 2.38. The molecule has 0 aliphatic carbocycles. The standard InChI is InChI=1S/C20H20F3N5O3S2/c1-31-14-13-15(26-16(25-14)32-2)33-17(24-13)27-18(29)28-8-6-19(30,7-9-28)11-4-3-5-12(10-11)20(21,22)23/h3-5,10,30H,6-9H2,1-2H3,(H,24,27,29). The minimum absolute atomic E-state index is 0.109. The van der Waals surface area contributed by atoms with Crippen molar-refractivity contribution in [3.05, 3.63) is 35.4 Å². The number of nitrogens with zero attached hydrogens (tertiary/aromatic N) is 4. The molecule has 1 fully saturated rings. The van der Waals surface area contributed by atoms with Crippen LogP contribution in [0.3, 0.4) is 0 Å². The Kier molecular flexibility index (Phi) is 6.38. The molecule has 1 aliphatic rings. The van der Waals surface area contributed by atoms with Crippen LogP contribution in [0.2, 0.25) is 0 Å². The number of halogens is 3. The number of thioether (sulfide) groups is 1. The van der Waals surface area contributed by atoms with Crippen molar-refractivity contribution in [2.45, 2.75) is 29.8 Å². The second kappa shape index (κ2) is 8.95. The first-order valence-electron chi connectivity index (χ1n) is 9.85. The van der Waals surface area contributed by atoms with Crippen LogP contribution < -0.4 is 10.1 Å². The maximum absolute atomic E-state index is 13.0. The number of urea groups is 1. The van der Waals surface area contributed by atoms with Gasteiger partial charge in [-0.1, -0.05) is 35.2 Å². The molecule has 3 aromatic rings. The zero-order valence-electron chi connectivity index (χ0n) is 17.6. The third-order valence-electron chi connectivity index (χ3n) is 5.40. The van der Waals surface area contributed by atoms with Crippen molar-refractivity contribution >= 4 is 44.6 Å². The maximum Gasteiger partial charge on any atom is 0.416 e. The molecule has 33 heavy (non-hydrogen) atoms. The van der Waals surface area contributed by atoms with Gasteiger partial charge in [0.1, 0.15) is 0 Å². The second-order valence-electron chi connectivity index (χ2n) is 7.42. The van der Waals surface area contributed by atoms with Gasteiger partial charge in [-0.2, -0.15) is 18.2 Å². The summed E-state index contributed by atoms with van der Waals surface area (Å²) in [5.41, 5.74) is -1.62. The van der Waals surface area contributed by atoms with E-state index in [1.54, 1.807) is 0 Å². The Bertz CT molecular complexity index is 1180. The predicted molar refractivity (Wildman–Crippen MR) is 119 cm³/mol. The molecule has 176 valence electrons. The summed E-state index contributed by atoms with van der Waals surface area (Å²) in [7, 11) is 1.47. The number of methoxy groups -OCH3 is 1. The van der Waals surface area contributed by atoms with E-state index in [1.807, 2.05) is 6.26 Å². The van der Waals surface area contributed by atoms with E-state index in [0.717, 1.165) is 12.1 Å². The Hall–Kier alpha value is -2.64. The fourth-order valence-electron chi connectivity index (χ4n) is 3.59. The molecule has 0 unspecified atom stereocenters. The zero-order chi connectivity index (χ0) is 23.8. The number of anilines is 1. The quantitative estimate of drug-likeness (QED) is 0.407. The molecule has 1 aliphatic heterocycles. The number of aliphatic hydroxyl groups is 1. The monoisotopic (exact) mass is 499 g/mol. The highest BCUT2D eigenvalue weighted by atomic mass is 32.2. The van der Waals surface area contributed by atoms with Gasteiger partial charge in [0.05, 0.1) is 18.3 Å². The molecule has 0 radical (unpaired) electrons. The summed E-state index contributed by atoms with van der Waals surface area (Å²) in [5, 5.41) is 14.5. The van der Waals surface area contributed by atoms with Crippen molar-refractivity contribution in [2.24, 2.45) is 0 Å². The number of rotatable bonds is 4. The molecule has 2 aromatic heterocycles. The summed E-state index contributed by atoms with van der Waals surface area (Å²) in [5.74, 6) is 0.310.